The van der Waals surface area contributed by atoms with Gasteiger partial charge in [0, 0.05) is 23.8 Å². The minimum Gasteiger partial charge on any atom is -0.349 e. The van der Waals surface area contributed by atoms with E-state index in [0.29, 0.717) is 23.8 Å². The van der Waals surface area contributed by atoms with Gasteiger partial charge in [0.2, 0.25) is 5.91 Å². The molecule has 0 saturated heterocycles. The Morgan fingerprint density at radius 1 is 1.07 bits per heavy atom. The van der Waals surface area contributed by atoms with Crippen molar-refractivity contribution in [2.45, 2.75) is 38.8 Å². The number of likely N-dealkylation sites (N-methyl/N-ethyl adjacent to an activating group) is 1. The molecular weight excluding hydrogens is 338 g/mol. The molecule has 1 aliphatic carbocycles. The molecule has 1 saturated carbocycles. The molecule has 0 bridgehead atoms. The summed E-state index contributed by atoms with van der Waals surface area (Å²) in [6.07, 6.45) is 3.13. The van der Waals surface area contributed by atoms with Crippen LogP contribution in [0.3, 0.4) is 0 Å². The van der Waals surface area contributed by atoms with E-state index in [1.165, 1.54) is 11.1 Å². The number of benzene rings is 2. The maximum atomic E-state index is 12.3. The molecule has 0 radical (unpaired) electrons. The second-order valence-corrected chi connectivity index (χ2v) is 7.22. The van der Waals surface area contributed by atoms with Crippen molar-refractivity contribution in [3.05, 3.63) is 65.2 Å². The van der Waals surface area contributed by atoms with Gasteiger partial charge in [0.15, 0.2) is 0 Å². The van der Waals surface area contributed by atoms with E-state index < -0.39 is 0 Å². The van der Waals surface area contributed by atoms with E-state index in [-0.39, 0.29) is 18.4 Å². The van der Waals surface area contributed by atoms with Crippen LogP contribution in [0.25, 0.3) is 0 Å². The van der Waals surface area contributed by atoms with E-state index in [1.54, 1.807) is 24.3 Å². The van der Waals surface area contributed by atoms with Crippen molar-refractivity contribution >= 4 is 17.5 Å². The quantitative estimate of drug-likeness (QED) is 0.755. The summed E-state index contributed by atoms with van der Waals surface area (Å²) >= 11 is 0. The highest BCUT2D eigenvalue weighted by molar-refractivity contribution is 5.97. The number of nitrogens with one attached hydrogen (secondary N) is 2. The van der Waals surface area contributed by atoms with Gasteiger partial charge in [0.05, 0.1) is 6.54 Å². The van der Waals surface area contributed by atoms with Gasteiger partial charge in [-0.25, -0.2) is 0 Å². The Labute approximate surface area is 160 Å². The topological polar surface area (TPSA) is 61.4 Å². The smallest absolute Gasteiger partial charge is 0.251 e. The lowest BCUT2D eigenvalue weighted by Crippen LogP contribution is -2.30. The van der Waals surface area contributed by atoms with E-state index in [2.05, 4.69) is 41.8 Å². The Bertz CT molecular complexity index is 797. The lowest BCUT2D eigenvalue weighted by Gasteiger charge is -2.17. The van der Waals surface area contributed by atoms with Gasteiger partial charge in [-0.2, -0.15) is 0 Å². The molecule has 0 aromatic heterocycles. The van der Waals surface area contributed by atoms with Crippen LogP contribution in [-0.4, -0.2) is 36.3 Å². The number of aryl methyl sites for hydroxylation is 1. The zero-order valence-electron chi connectivity index (χ0n) is 16.0. The number of hydrogen-bond acceptors (Lipinski definition) is 3. The first-order valence-corrected chi connectivity index (χ1v) is 9.50. The Kier molecular flexibility index (Phi) is 6.24. The summed E-state index contributed by atoms with van der Waals surface area (Å²) < 4.78 is 0. The molecule has 1 aliphatic rings. The third-order valence-electron chi connectivity index (χ3n) is 4.62. The summed E-state index contributed by atoms with van der Waals surface area (Å²) in [7, 11) is 1.92. The first-order valence-electron chi connectivity index (χ1n) is 9.50. The lowest BCUT2D eigenvalue weighted by atomic mass is 10.1. The zero-order chi connectivity index (χ0) is 19.2. The maximum Gasteiger partial charge on any atom is 0.251 e. The molecule has 1 fully saturated rings. The van der Waals surface area contributed by atoms with Crippen molar-refractivity contribution in [1.29, 1.82) is 0 Å². The number of anilines is 1. The third kappa shape index (κ3) is 5.93. The third-order valence-corrected chi connectivity index (χ3v) is 4.62. The molecule has 142 valence electrons. The number of carbonyl (C=O) groups excluding carboxylic acids is 2. The molecule has 3 rings (SSSR count). The second-order valence-electron chi connectivity index (χ2n) is 7.22. The van der Waals surface area contributed by atoms with Crippen LogP contribution in [0.1, 0.15) is 41.3 Å². The molecule has 0 heterocycles. The minimum atomic E-state index is -0.0950. The Morgan fingerprint density at radius 3 is 2.44 bits per heavy atom. The summed E-state index contributed by atoms with van der Waals surface area (Å²) in [4.78, 5) is 26.4. The van der Waals surface area contributed by atoms with Crippen molar-refractivity contribution in [3.63, 3.8) is 0 Å². The van der Waals surface area contributed by atoms with Crippen LogP contribution in [-0.2, 0) is 17.8 Å². The molecule has 2 aromatic rings. The molecule has 5 nitrogen and oxygen atoms in total. The predicted molar refractivity (Wildman–Crippen MR) is 108 cm³/mol. The number of nitrogens with zero attached hydrogens (tertiary/aromatic N) is 1. The van der Waals surface area contributed by atoms with Gasteiger partial charge in [-0.1, -0.05) is 37.3 Å². The van der Waals surface area contributed by atoms with Crippen LogP contribution >= 0.6 is 0 Å². The molecule has 2 N–H and O–H groups in total. The van der Waals surface area contributed by atoms with Gasteiger partial charge in [-0.3, -0.25) is 14.5 Å². The van der Waals surface area contributed by atoms with Crippen molar-refractivity contribution in [2.24, 2.45) is 0 Å². The first-order chi connectivity index (χ1) is 13.0. The minimum absolute atomic E-state index is 0.0822. The fourth-order valence-electron chi connectivity index (χ4n) is 2.93. The normalized spacial score (nSPS) is 13.4. The number of hydrogen-bond donors (Lipinski definition) is 2. The monoisotopic (exact) mass is 365 g/mol. The van der Waals surface area contributed by atoms with Gasteiger partial charge in [-0.15, -0.1) is 0 Å². The van der Waals surface area contributed by atoms with Gasteiger partial charge in [0.25, 0.3) is 5.91 Å². The first kappa shape index (κ1) is 19.1. The molecule has 0 unspecified atom stereocenters. The van der Waals surface area contributed by atoms with Crippen LogP contribution in [0.5, 0.6) is 0 Å². The number of rotatable bonds is 8. The van der Waals surface area contributed by atoms with Crippen molar-refractivity contribution in [1.82, 2.24) is 10.2 Å². The zero-order valence-corrected chi connectivity index (χ0v) is 16.0. The summed E-state index contributed by atoms with van der Waals surface area (Å²) in [5.74, 6) is -0.177. The summed E-state index contributed by atoms with van der Waals surface area (Å²) in [6, 6.07) is 15.9. The van der Waals surface area contributed by atoms with Crippen LogP contribution < -0.4 is 10.6 Å². The van der Waals surface area contributed by atoms with E-state index >= 15 is 0 Å². The lowest BCUT2D eigenvalue weighted by molar-refractivity contribution is -0.117. The standard InChI is InChI=1S/C22H27N3O2/c1-3-16-7-9-17(10-8-16)14-25(2)15-21(26)23-20-6-4-5-18(13-20)22(27)24-19-11-12-19/h4-10,13,19H,3,11-12,14-15H2,1-2H3,(H,23,26)(H,24,27). The van der Waals surface area contributed by atoms with Crippen LogP contribution in [0, 0.1) is 0 Å². The highest BCUT2D eigenvalue weighted by atomic mass is 16.2. The van der Waals surface area contributed by atoms with Crippen LogP contribution in [0.2, 0.25) is 0 Å². The fourth-order valence-corrected chi connectivity index (χ4v) is 2.93. The van der Waals surface area contributed by atoms with Gasteiger partial charge >= 0.3 is 0 Å². The Hall–Kier alpha value is -2.66. The SMILES string of the molecule is CCc1ccc(CN(C)CC(=O)Nc2cccc(C(=O)NC3CC3)c2)cc1. The summed E-state index contributed by atoms with van der Waals surface area (Å²) in [5.41, 5.74) is 3.71. The molecule has 27 heavy (non-hydrogen) atoms. The molecule has 0 aliphatic heterocycles. The number of amides is 2. The molecule has 2 aromatic carbocycles. The number of carbonyl (C=O) groups is 2. The van der Waals surface area contributed by atoms with E-state index in [9.17, 15) is 9.59 Å². The molecule has 0 spiro atoms. The van der Waals surface area contributed by atoms with Gasteiger partial charge in [0.1, 0.15) is 0 Å². The van der Waals surface area contributed by atoms with E-state index in [0.717, 1.165) is 19.3 Å². The predicted octanol–water partition coefficient (Wildman–Crippen LogP) is 3.21. The summed E-state index contributed by atoms with van der Waals surface area (Å²) in [5, 5.41) is 5.84. The van der Waals surface area contributed by atoms with Crippen molar-refractivity contribution in [3.8, 4) is 0 Å². The highest BCUT2D eigenvalue weighted by Gasteiger charge is 2.23. The van der Waals surface area contributed by atoms with Gasteiger partial charge in [-0.05, 0) is 55.6 Å². The Morgan fingerprint density at radius 2 is 1.78 bits per heavy atom. The average Bonchev–Trinajstić information content (AvgIpc) is 3.46. The van der Waals surface area contributed by atoms with E-state index in [4.69, 9.17) is 0 Å². The maximum absolute atomic E-state index is 12.3. The average molecular weight is 365 g/mol. The second kappa shape index (κ2) is 8.82. The van der Waals surface area contributed by atoms with Gasteiger partial charge < -0.3 is 10.6 Å². The van der Waals surface area contributed by atoms with Crippen LogP contribution in [0.4, 0.5) is 5.69 Å². The Balaban J connectivity index is 1.51. The largest absolute Gasteiger partial charge is 0.349 e. The molecule has 2 amide bonds. The van der Waals surface area contributed by atoms with Crippen LogP contribution in [0.15, 0.2) is 48.5 Å². The summed E-state index contributed by atoms with van der Waals surface area (Å²) in [6.45, 7) is 3.13. The highest BCUT2D eigenvalue weighted by Crippen LogP contribution is 2.20. The van der Waals surface area contributed by atoms with Crippen molar-refractivity contribution < 1.29 is 9.59 Å². The fraction of sp³-hybridized carbons (Fsp3) is 0.364. The molecular formula is C22H27N3O2. The molecule has 5 heteroatoms. The van der Waals surface area contributed by atoms with E-state index in [1.807, 2.05) is 11.9 Å². The van der Waals surface area contributed by atoms with Crippen molar-refractivity contribution in [2.75, 3.05) is 18.9 Å². The molecule has 0 atom stereocenters.